The van der Waals surface area contributed by atoms with Crippen molar-refractivity contribution in [1.82, 2.24) is 4.98 Å². The van der Waals surface area contributed by atoms with E-state index < -0.39 is 11.6 Å². The number of rotatable bonds is 3. The van der Waals surface area contributed by atoms with Crippen molar-refractivity contribution in [2.24, 2.45) is 0 Å². The van der Waals surface area contributed by atoms with Gasteiger partial charge in [-0.25, -0.2) is 13.8 Å². The highest BCUT2D eigenvalue weighted by Crippen LogP contribution is 2.20. The first kappa shape index (κ1) is 12.8. The summed E-state index contributed by atoms with van der Waals surface area (Å²) >= 11 is 0. The van der Waals surface area contributed by atoms with Crippen LogP contribution in [0.5, 0.6) is 0 Å². The molecule has 0 bridgehead atoms. The Bertz CT molecular complexity index is 650. The molecule has 0 amide bonds. The lowest BCUT2D eigenvalue weighted by Crippen LogP contribution is -2.07. The average molecular weight is 260 g/mol. The van der Waals surface area contributed by atoms with Crippen molar-refractivity contribution < 1.29 is 8.78 Å². The number of hydrogen-bond donors (Lipinski definition) is 2. The number of hydrogen-bond acceptors (Lipinski definition) is 4. The summed E-state index contributed by atoms with van der Waals surface area (Å²) in [5, 5.41) is 11.6. The van der Waals surface area contributed by atoms with Crippen LogP contribution in [-0.4, -0.2) is 4.98 Å². The first-order valence-electron chi connectivity index (χ1n) is 5.44. The minimum Gasteiger partial charge on any atom is -0.395 e. The molecule has 96 valence electrons. The molecule has 2 aromatic rings. The van der Waals surface area contributed by atoms with Crippen LogP contribution in [0.4, 0.5) is 20.3 Å². The number of nitrogen functional groups attached to an aromatic ring is 1. The molecule has 0 saturated heterocycles. The van der Waals surface area contributed by atoms with Crippen molar-refractivity contribution >= 4 is 11.5 Å². The topological polar surface area (TPSA) is 74.7 Å². The zero-order valence-corrected chi connectivity index (χ0v) is 9.82. The Morgan fingerprint density at radius 3 is 2.79 bits per heavy atom. The lowest BCUT2D eigenvalue weighted by molar-refractivity contribution is 0.574. The van der Waals surface area contributed by atoms with Gasteiger partial charge in [0.1, 0.15) is 17.7 Å². The van der Waals surface area contributed by atoms with Crippen LogP contribution in [0.3, 0.4) is 0 Å². The van der Waals surface area contributed by atoms with Gasteiger partial charge < -0.3 is 11.1 Å². The minimum atomic E-state index is -0.650. The molecule has 0 spiro atoms. The summed E-state index contributed by atoms with van der Waals surface area (Å²) in [5.41, 5.74) is 6.49. The molecular formula is C13H10F2N4. The molecular weight excluding hydrogens is 250 g/mol. The summed E-state index contributed by atoms with van der Waals surface area (Å²) in [5.74, 6) is -0.990. The number of nitrogens with zero attached hydrogens (tertiary/aromatic N) is 2. The fraction of sp³-hybridized carbons (Fsp3) is 0.0769. The maximum Gasteiger partial charge on any atom is 0.150 e. The van der Waals surface area contributed by atoms with Crippen molar-refractivity contribution in [3.63, 3.8) is 0 Å². The number of halogens is 2. The maximum atomic E-state index is 13.4. The van der Waals surface area contributed by atoms with E-state index in [1.807, 2.05) is 6.07 Å². The van der Waals surface area contributed by atoms with Gasteiger partial charge in [0.2, 0.25) is 0 Å². The lowest BCUT2D eigenvalue weighted by Gasteiger charge is -2.09. The number of nitriles is 1. The molecule has 0 radical (unpaired) electrons. The van der Waals surface area contributed by atoms with Gasteiger partial charge in [-0.1, -0.05) is 6.07 Å². The lowest BCUT2D eigenvalue weighted by atomic mass is 10.2. The van der Waals surface area contributed by atoms with Gasteiger partial charge in [0, 0.05) is 24.4 Å². The third-order valence-electron chi connectivity index (χ3n) is 2.57. The monoisotopic (exact) mass is 260 g/mol. The summed E-state index contributed by atoms with van der Waals surface area (Å²) in [6.07, 6.45) is 1.43. The van der Waals surface area contributed by atoms with Crippen LogP contribution < -0.4 is 11.1 Å². The fourth-order valence-electron chi connectivity index (χ4n) is 1.56. The average Bonchev–Trinajstić information content (AvgIpc) is 2.39. The highest BCUT2D eigenvalue weighted by Gasteiger charge is 2.08. The largest absolute Gasteiger partial charge is 0.395 e. The van der Waals surface area contributed by atoms with E-state index in [1.54, 1.807) is 0 Å². The van der Waals surface area contributed by atoms with Gasteiger partial charge >= 0.3 is 0 Å². The van der Waals surface area contributed by atoms with Gasteiger partial charge in [0.25, 0.3) is 0 Å². The Labute approximate surface area is 108 Å². The van der Waals surface area contributed by atoms with Gasteiger partial charge in [-0.3, -0.25) is 0 Å². The predicted molar refractivity (Wildman–Crippen MR) is 67.0 cm³/mol. The molecule has 0 fully saturated rings. The molecule has 19 heavy (non-hydrogen) atoms. The molecule has 0 saturated carbocycles. The third kappa shape index (κ3) is 2.77. The Morgan fingerprint density at radius 2 is 2.11 bits per heavy atom. The van der Waals surface area contributed by atoms with Crippen LogP contribution in [0.15, 0.2) is 30.5 Å². The maximum absolute atomic E-state index is 13.4. The van der Waals surface area contributed by atoms with Gasteiger partial charge in [0.05, 0.1) is 11.3 Å². The highest BCUT2D eigenvalue weighted by atomic mass is 19.1. The molecule has 1 aromatic carbocycles. The van der Waals surface area contributed by atoms with Gasteiger partial charge in [-0.05, 0) is 12.1 Å². The molecule has 0 aliphatic rings. The normalized spacial score (nSPS) is 9.95. The molecule has 0 aliphatic carbocycles. The Hall–Kier alpha value is -2.68. The number of benzene rings is 1. The molecule has 3 N–H and O–H groups in total. The summed E-state index contributed by atoms with van der Waals surface area (Å²) < 4.78 is 26.2. The van der Waals surface area contributed by atoms with Crippen LogP contribution in [0.1, 0.15) is 11.1 Å². The molecule has 1 heterocycles. The number of nitrogens with one attached hydrogen (secondary N) is 1. The number of nitrogens with two attached hydrogens (primary N) is 1. The molecule has 0 aliphatic heterocycles. The zero-order valence-electron chi connectivity index (χ0n) is 9.82. The standard InChI is InChI=1S/C13H10F2N4/c14-10-2-1-9(11(15)5-10)7-19-13-12(17)8(6-16)3-4-18-13/h1-5H,7,17H2,(H,18,19). The highest BCUT2D eigenvalue weighted by molar-refractivity contribution is 5.68. The minimum absolute atomic E-state index is 0.0954. The van der Waals surface area contributed by atoms with Crippen molar-refractivity contribution in [1.29, 1.82) is 5.26 Å². The summed E-state index contributed by atoms with van der Waals surface area (Å²) in [6, 6.07) is 6.72. The molecule has 0 unspecified atom stereocenters. The molecule has 0 atom stereocenters. The van der Waals surface area contributed by atoms with Gasteiger partial charge in [-0.15, -0.1) is 0 Å². The van der Waals surface area contributed by atoms with E-state index >= 15 is 0 Å². The quantitative estimate of drug-likeness (QED) is 0.888. The number of anilines is 2. The fourth-order valence-corrected chi connectivity index (χ4v) is 1.56. The van der Waals surface area contributed by atoms with Crippen molar-refractivity contribution in [3.05, 3.63) is 53.2 Å². The van der Waals surface area contributed by atoms with Crippen LogP contribution in [0.2, 0.25) is 0 Å². The summed E-state index contributed by atoms with van der Waals surface area (Å²) in [4.78, 5) is 3.97. The summed E-state index contributed by atoms with van der Waals surface area (Å²) in [6.45, 7) is 0.0954. The van der Waals surface area contributed by atoms with E-state index in [9.17, 15) is 8.78 Å². The van der Waals surface area contributed by atoms with E-state index in [4.69, 9.17) is 11.0 Å². The summed E-state index contributed by atoms with van der Waals surface area (Å²) in [7, 11) is 0. The predicted octanol–water partition coefficient (Wildman–Crippen LogP) is 2.43. The Morgan fingerprint density at radius 1 is 1.32 bits per heavy atom. The number of pyridine rings is 1. The van der Waals surface area contributed by atoms with E-state index in [1.165, 1.54) is 24.4 Å². The van der Waals surface area contributed by atoms with Crippen molar-refractivity contribution in [2.45, 2.75) is 6.54 Å². The van der Waals surface area contributed by atoms with Crippen molar-refractivity contribution in [3.8, 4) is 6.07 Å². The van der Waals surface area contributed by atoms with Crippen molar-refractivity contribution in [2.75, 3.05) is 11.1 Å². The van der Waals surface area contributed by atoms with Crippen LogP contribution in [0, 0.1) is 23.0 Å². The van der Waals surface area contributed by atoms with E-state index in [-0.39, 0.29) is 23.4 Å². The third-order valence-corrected chi connectivity index (χ3v) is 2.57. The van der Waals surface area contributed by atoms with Crippen LogP contribution in [0.25, 0.3) is 0 Å². The SMILES string of the molecule is N#Cc1ccnc(NCc2ccc(F)cc2F)c1N. The van der Waals surface area contributed by atoms with E-state index in [2.05, 4.69) is 10.3 Å². The first-order chi connectivity index (χ1) is 9.11. The molecule has 4 nitrogen and oxygen atoms in total. The van der Waals surface area contributed by atoms with Gasteiger partial charge in [0.15, 0.2) is 5.82 Å². The van der Waals surface area contributed by atoms with E-state index in [0.29, 0.717) is 5.82 Å². The second kappa shape index (κ2) is 5.31. The molecule has 6 heteroatoms. The van der Waals surface area contributed by atoms with Crippen LogP contribution >= 0.6 is 0 Å². The zero-order chi connectivity index (χ0) is 13.8. The molecule has 1 aromatic heterocycles. The second-order valence-electron chi connectivity index (χ2n) is 3.82. The van der Waals surface area contributed by atoms with Gasteiger partial charge in [-0.2, -0.15) is 5.26 Å². The van der Waals surface area contributed by atoms with E-state index in [0.717, 1.165) is 6.07 Å². The Balaban J connectivity index is 2.17. The second-order valence-corrected chi connectivity index (χ2v) is 3.82. The number of aromatic nitrogens is 1. The first-order valence-corrected chi connectivity index (χ1v) is 5.44. The Kier molecular flexibility index (Phi) is 3.57. The van der Waals surface area contributed by atoms with Crippen LogP contribution in [-0.2, 0) is 6.54 Å². The molecule has 2 rings (SSSR count). The smallest absolute Gasteiger partial charge is 0.150 e.